The van der Waals surface area contributed by atoms with Crippen molar-refractivity contribution in [2.75, 3.05) is 18.4 Å². The highest BCUT2D eigenvalue weighted by Gasteiger charge is 2.15. The number of carbonyl (C=O) groups is 1. The van der Waals surface area contributed by atoms with Crippen LogP contribution >= 0.6 is 15.9 Å². The quantitative estimate of drug-likeness (QED) is 0.531. The second-order valence-electron chi connectivity index (χ2n) is 5.17. The Balaban J connectivity index is 2.00. The van der Waals surface area contributed by atoms with Crippen molar-refractivity contribution in [3.8, 4) is 6.07 Å². The zero-order valence-electron chi connectivity index (χ0n) is 13.1. The van der Waals surface area contributed by atoms with Gasteiger partial charge in [-0.25, -0.2) is 0 Å². The molecule has 0 bridgehead atoms. The van der Waals surface area contributed by atoms with Crippen molar-refractivity contribution in [1.29, 1.82) is 5.26 Å². The molecule has 0 radical (unpaired) electrons. The molecule has 0 spiro atoms. The van der Waals surface area contributed by atoms with Crippen LogP contribution in [0.5, 0.6) is 0 Å². The summed E-state index contributed by atoms with van der Waals surface area (Å²) >= 11 is 3.21. The molecule has 1 aromatic carbocycles. The molecule has 0 aliphatic carbocycles. The summed E-state index contributed by atoms with van der Waals surface area (Å²) in [6, 6.07) is 9.71. The topological polar surface area (TPSA) is 112 Å². The van der Waals surface area contributed by atoms with E-state index in [0.717, 1.165) is 0 Å². The Morgan fingerprint density at radius 2 is 2.24 bits per heavy atom. The van der Waals surface area contributed by atoms with Crippen LogP contribution in [-0.2, 0) is 11.3 Å². The zero-order valence-corrected chi connectivity index (χ0v) is 14.7. The van der Waals surface area contributed by atoms with Crippen molar-refractivity contribution in [3.05, 3.63) is 56.9 Å². The molecule has 0 unspecified atom stereocenters. The van der Waals surface area contributed by atoms with Gasteiger partial charge < -0.3 is 9.73 Å². The van der Waals surface area contributed by atoms with E-state index in [1.165, 1.54) is 18.2 Å². The lowest BCUT2D eigenvalue weighted by atomic mass is 10.2. The number of carbonyl (C=O) groups excluding carboxylic acids is 1. The largest absolute Gasteiger partial charge is 0.468 e. The highest BCUT2D eigenvalue weighted by molar-refractivity contribution is 9.10. The maximum Gasteiger partial charge on any atom is 0.270 e. The van der Waals surface area contributed by atoms with Crippen LogP contribution in [0.25, 0.3) is 0 Å². The molecule has 9 heteroatoms. The van der Waals surface area contributed by atoms with Crippen molar-refractivity contribution >= 4 is 33.2 Å². The molecular formula is C16H15BrN4O4. The van der Waals surface area contributed by atoms with Gasteiger partial charge in [0.05, 0.1) is 36.0 Å². The normalized spacial score (nSPS) is 10.4. The second-order valence-corrected chi connectivity index (χ2v) is 6.02. The highest BCUT2D eigenvalue weighted by atomic mass is 79.9. The molecule has 130 valence electrons. The van der Waals surface area contributed by atoms with E-state index in [4.69, 9.17) is 9.68 Å². The number of nitriles is 1. The molecule has 0 atom stereocenters. The summed E-state index contributed by atoms with van der Waals surface area (Å²) in [7, 11) is 0. The first-order chi connectivity index (χ1) is 12.0. The number of rotatable bonds is 8. The van der Waals surface area contributed by atoms with Crippen molar-refractivity contribution in [2.45, 2.75) is 13.0 Å². The first-order valence-electron chi connectivity index (χ1n) is 7.35. The second kappa shape index (κ2) is 8.96. The fraction of sp³-hybridized carbons (Fsp3) is 0.250. The number of nitrogens with zero attached hydrogens (tertiary/aromatic N) is 3. The van der Waals surface area contributed by atoms with Gasteiger partial charge in [0.1, 0.15) is 5.76 Å². The number of anilines is 1. The summed E-state index contributed by atoms with van der Waals surface area (Å²) in [4.78, 5) is 24.3. The van der Waals surface area contributed by atoms with E-state index >= 15 is 0 Å². The maximum absolute atomic E-state index is 12.3. The van der Waals surface area contributed by atoms with Crippen molar-refractivity contribution in [3.63, 3.8) is 0 Å². The Morgan fingerprint density at radius 1 is 1.44 bits per heavy atom. The fourth-order valence-electron chi connectivity index (χ4n) is 2.16. The molecule has 8 nitrogen and oxygen atoms in total. The number of nitro benzene ring substituents is 1. The van der Waals surface area contributed by atoms with Gasteiger partial charge in [-0.3, -0.25) is 19.8 Å². The van der Waals surface area contributed by atoms with Crippen molar-refractivity contribution in [1.82, 2.24) is 4.90 Å². The van der Waals surface area contributed by atoms with Crippen LogP contribution in [0.3, 0.4) is 0 Å². The molecule has 0 aliphatic rings. The molecule has 1 heterocycles. The average molecular weight is 407 g/mol. The van der Waals surface area contributed by atoms with Crippen LogP contribution in [0.2, 0.25) is 0 Å². The van der Waals surface area contributed by atoms with E-state index in [1.807, 2.05) is 0 Å². The standard InChI is InChI=1S/C16H15BrN4O4/c17-14-9-12(21(23)24)4-5-15(14)19-16(22)11-20(7-2-6-18)10-13-3-1-8-25-13/h1,3-5,8-9H,2,7,10-11H2,(H,19,22). The summed E-state index contributed by atoms with van der Waals surface area (Å²) in [6.07, 6.45) is 1.83. The molecule has 2 rings (SSSR count). The van der Waals surface area contributed by atoms with Gasteiger partial charge in [0.2, 0.25) is 5.91 Å². The van der Waals surface area contributed by atoms with Gasteiger partial charge in [0.25, 0.3) is 5.69 Å². The van der Waals surface area contributed by atoms with Crippen molar-refractivity contribution < 1.29 is 14.1 Å². The lowest BCUT2D eigenvalue weighted by Gasteiger charge is -2.19. The van der Waals surface area contributed by atoms with Gasteiger partial charge in [-0.15, -0.1) is 0 Å². The lowest BCUT2D eigenvalue weighted by molar-refractivity contribution is -0.384. The Labute approximate surface area is 152 Å². The number of amides is 1. The lowest BCUT2D eigenvalue weighted by Crippen LogP contribution is -2.33. The average Bonchev–Trinajstić information content (AvgIpc) is 3.07. The van der Waals surface area contributed by atoms with E-state index in [9.17, 15) is 14.9 Å². The first-order valence-corrected chi connectivity index (χ1v) is 8.14. The maximum atomic E-state index is 12.3. The number of non-ortho nitro benzene ring substituents is 1. The molecular weight excluding hydrogens is 392 g/mol. The summed E-state index contributed by atoms with van der Waals surface area (Å²) in [5.74, 6) is 0.404. The molecule has 2 aromatic rings. The van der Waals surface area contributed by atoms with Crippen LogP contribution < -0.4 is 5.32 Å². The first kappa shape index (κ1) is 18.6. The zero-order chi connectivity index (χ0) is 18.2. The predicted octanol–water partition coefficient (Wildman–Crippen LogP) is 3.30. The molecule has 0 fully saturated rings. The van der Waals surface area contributed by atoms with Gasteiger partial charge in [0.15, 0.2) is 0 Å². The monoisotopic (exact) mass is 406 g/mol. The summed E-state index contributed by atoms with van der Waals surface area (Å²) in [6.45, 7) is 0.890. The van der Waals surface area contributed by atoms with Crippen LogP contribution in [0.1, 0.15) is 12.2 Å². The third-order valence-electron chi connectivity index (χ3n) is 3.30. The number of hydrogen-bond acceptors (Lipinski definition) is 6. The van der Waals surface area contributed by atoms with E-state index in [1.54, 1.807) is 23.3 Å². The Hall–Kier alpha value is -2.70. The van der Waals surface area contributed by atoms with Gasteiger partial charge in [0, 0.05) is 29.6 Å². The van der Waals surface area contributed by atoms with Crippen LogP contribution in [0.15, 0.2) is 45.5 Å². The van der Waals surface area contributed by atoms with E-state index < -0.39 is 4.92 Å². The minimum absolute atomic E-state index is 0.0613. The predicted molar refractivity (Wildman–Crippen MR) is 93.6 cm³/mol. The molecule has 0 aliphatic heterocycles. The highest BCUT2D eigenvalue weighted by Crippen LogP contribution is 2.27. The summed E-state index contributed by atoms with van der Waals surface area (Å²) in [5.41, 5.74) is 0.368. The van der Waals surface area contributed by atoms with Crippen LogP contribution in [0.4, 0.5) is 11.4 Å². The summed E-state index contributed by atoms with van der Waals surface area (Å²) in [5, 5.41) is 22.2. The number of nitrogens with one attached hydrogen (secondary N) is 1. The van der Waals surface area contributed by atoms with Gasteiger partial charge in [-0.2, -0.15) is 5.26 Å². The number of benzene rings is 1. The fourth-order valence-corrected chi connectivity index (χ4v) is 2.62. The minimum atomic E-state index is -0.511. The molecule has 1 aromatic heterocycles. The number of hydrogen-bond donors (Lipinski definition) is 1. The van der Waals surface area contributed by atoms with E-state index in [0.29, 0.717) is 29.0 Å². The number of halogens is 1. The van der Waals surface area contributed by atoms with Crippen molar-refractivity contribution in [2.24, 2.45) is 0 Å². The third-order valence-corrected chi connectivity index (χ3v) is 3.96. The number of nitro groups is 1. The Morgan fingerprint density at radius 3 is 2.84 bits per heavy atom. The molecule has 0 saturated heterocycles. The molecule has 0 saturated carbocycles. The Kier molecular flexibility index (Phi) is 6.68. The van der Waals surface area contributed by atoms with E-state index in [-0.39, 0.29) is 24.6 Å². The molecule has 25 heavy (non-hydrogen) atoms. The SMILES string of the molecule is N#CCCN(CC(=O)Nc1ccc([N+](=O)[O-])cc1Br)Cc1ccco1. The van der Waals surface area contributed by atoms with Gasteiger partial charge in [-0.1, -0.05) is 0 Å². The van der Waals surface area contributed by atoms with Crippen LogP contribution in [-0.4, -0.2) is 28.8 Å². The van der Waals surface area contributed by atoms with E-state index in [2.05, 4.69) is 27.3 Å². The smallest absolute Gasteiger partial charge is 0.270 e. The third kappa shape index (κ3) is 5.70. The van der Waals surface area contributed by atoms with Crippen LogP contribution in [0, 0.1) is 21.4 Å². The Bertz CT molecular complexity index is 786. The summed E-state index contributed by atoms with van der Waals surface area (Å²) < 4.78 is 5.69. The number of furan rings is 1. The van der Waals surface area contributed by atoms with Gasteiger partial charge in [-0.05, 0) is 34.1 Å². The minimum Gasteiger partial charge on any atom is -0.468 e. The van der Waals surface area contributed by atoms with Gasteiger partial charge >= 0.3 is 0 Å². The molecule has 1 amide bonds. The molecule has 1 N–H and O–H groups in total.